The Labute approximate surface area is 184 Å². The van der Waals surface area contributed by atoms with E-state index in [4.69, 9.17) is 0 Å². The number of benzene rings is 2. The summed E-state index contributed by atoms with van der Waals surface area (Å²) in [5, 5.41) is 5.80. The molecular formula is C22H30N4O4S. The summed E-state index contributed by atoms with van der Waals surface area (Å²) < 4.78 is 26.5. The fourth-order valence-electron chi connectivity index (χ4n) is 2.97. The fraction of sp³-hybridized carbons (Fsp3) is 0.364. The number of hydrogen-bond acceptors (Lipinski definition) is 5. The minimum atomic E-state index is -3.54. The van der Waals surface area contributed by atoms with Gasteiger partial charge in [0.05, 0.1) is 17.9 Å². The van der Waals surface area contributed by atoms with Crippen molar-refractivity contribution in [3.05, 3.63) is 54.1 Å². The van der Waals surface area contributed by atoms with Crippen molar-refractivity contribution < 1.29 is 18.0 Å². The van der Waals surface area contributed by atoms with Gasteiger partial charge in [-0.1, -0.05) is 32.0 Å². The molecule has 0 saturated heterocycles. The number of hydrogen-bond donors (Lipinski definition) is 2. The third kappa shape index (κ3) is 6.53. The molecule has 0 aliphatic heterocycles. The zero-order valence-corrected chi connectivity index (χ0v) is 19.2. The van der Waals surface area contributed by atoms with E-state index in [-0.39, 0.29) is 29.7 Å². The molecule has 0 saturated carbocycles. The van der Waals surface area contributed by atoms with Crippen LogP contribution >= 0.6 is 0 Å². The van der Waals surface area contributed by atoms with Gasteiger partial charge >= 0.3 is 0 Å². The first-order valence-electron chi connectivity index (χ1n) is 10.1. The van der Waals surface area contributed by atoms with Gasteiger partial charge in [0, 0.05) is 38.6 Å². The normalized spacial score (nSPS) is 11.3. The van der Waals surface area contributed by atoms with E-state index in [1.807, 2.05) is 24.3 Å². The van der Waals surface area contributed by atoms with E-state index in [1.54, 1.807) is 40.1 Å². The summed E-state index contributed by atoms with van der Waals surface area (Å²) in [6.45, 7) is 4.37. The summed E-state index contributed by atoms with van der Waals surface area (Å²) in [6.07, 6.45) is 0.236. The van der Waals surface area contributed by atoms with Gasteiger partial charge in [0.2, 0.25) is 21.8 Å². The van der Waals surface area contributed by atoms with E-state index in [0.717, 1.165) is 5.56 Å². The number of amides is 2. The molecule has 0 aliphatic rings. The molecule has 2 aromatic rings. The highest BCUT2D eigenvalue weighted by atomic mass is 32.2. The van der Waals surface area contributed by atoms with Gasteiger partial charge in [-0.25, -0.2) is 8.42 Å². The molecule has 2 N–H and O–H groups in total. The maximum absolute atomic E-state index is 12.5. The Morgan fingerprint density at radius 2 is 1.55 bits per heavy atom. The van der Waals surface area contributed by atoms with E-state index in [0.29, 0.717) is 24.5 Å². The monoisotopic (exact) mass is 446 g/mol. The van der Waals surface area contributed by atoms with Gasteiger partial charge in [-0.05, 0) is 35.9 Å². The molecule has 2 aromatic carbocycles. The Hall–Kier alpha value is -2.91. The second-order valence-electron chi connectivity index (χ2n) is 7.14. The van der Waals surface area contributed by atoms with Crippen LogP contribution in [0.25, 0.3) is 0 Å². The van der Waals surface area contributed by atoms with Crippen molar-refractivity contribution in [1.82, 2.24) is 9.21 Å². The number of para-hydroxylation sites is 1. The van der Waals surface area contributed by atoms with Crippen LogP contribution in [0.1, 0.15) is 19.4 Å². The topological polar surface area (TPSA) is 98.8 Å². The minimum Gasteiger partial charge on any atom is -0.376 e. The zero-order chi connectivity index (χ0) is 23.0. The van der Waals surface area contributed by atoms with E-state index < -0.39 is 10.0 Å². The van der Waals surface area contributed by atoms with Crippen LogP contribution in [0.2, 0.25) is 0 Å². The molecule has 168 valence electrons. The van der Waals surface area contributed by atoms with Crippen LogP contribution in [-0.4, -0.2) is 63.2 Å². The number of anilines is 2. The van der Waals surface area contributed by atoms with E-state index in [9.17, 15) is 18.0 Å². The summed E-state index contributed by atoms with van der Waals surface area (Å²) in [5.41, 5.74) is 2.02. The zero-order valence-electron chi connectivity index (χ0n) is 18.4. The highest BCUT2D eigenvalue weighted by Gasteiger charge is 2.21. The quantitative estimate of drug-likeness (QED) is 0.584. The maximum Gasteiger partial charge on any atom is 0.243 e. The number of carbonyl (C=O) groups excluding carboxylic acids is 2. The van der Waals surface area contributed by atoms with Gasteiger partial charge < -0.3 is 15.5 Å². The lowest BCUT2D eigenvalue weighted by molar-refractivity contribution is -0.127. The second kappa shape index (κ2) is 10.9. The third-order valence-electron chi connectivity index (χ3n) is 4.78. The van der Waals surface area contributed by atoms with Crippen LogP contribution in [0.4, 0.5) is 11.4 Å². The van der Waals surface area contributed by atoms with E-state index in [2.05, 4.69) is 10.6 Å². The lowest BCUT2D eigenvalue weighted by Crippen LogP contribution is -2.30. The standard InChI is InChI=1S/C22H30N4O4S/c1-5-26(6-2)31(29,30)19-13-11-18(12-14-19)24-21(27)16-23-20-10-8-7-9-17(20)15-22(28)25(3)4/h7-14,23H,5-6,15-16H2,1-4H3,(H,24,27). The molecule has 0 spiro atoms. The van der Waals surface area contributed by atoms with Gasteiger partial charge in [-0.2, -0.15) is 4.31 Å². The number of sulfonamides is 1. The summed E-state index contributed by atoms with van der Waals surface area (Å²) in [5.74, 6) is -0.313. The van der Waals surface area contributed by atoms with Gasteiger partial charge in [0.1, 0.15) is 0 Å². The number of likely N-dealkylation sites (N-methyl/N-ethyl adjacent to an activating group) is 1. The number of rotatable bonds is 10. The van der Waals surface area contributed by atoms with Crippen LogP contribution in [-0.2, 0) is 26.0 Å². The maximum atomic E-state index is 12.5. The molecule has 0 aromatic heterocycles. The first kappa shape index (κ1) is 24.4. The average molecular weight is 447 g/mol. The Morgan fingerprint density at radius 1 is 0.935 bits per heavy atom. The van der Waals surface area contributed by atoms with Gasteiger partial charge in [0.15, 0.2) is 0 Å². The third-order valence-corrected chi connectivity index (χ3v) is 6.84. The molecule has 0 unspecified atom stereocenters. The highest BCUT2D eigenvalue weighted by Crippen LogP contribution is 2.19. The Morgan fingerprint density at radius 3 is 2.13 bits per heavy atom. The molecule has 0 fully saturated rings. The first-order chi connectivity index (χ1) is 14.7. The first-order valence-corrected chi connectivity index (χ1v) is 11.5. The molecule has 0 aliphatic carbocycles. The largest absolute Gasteiger partial charge is 0.376 e. The van der Waals surface area contributed by atoms with E-state index >= 15 is 0 Å². The van der Waals surface area contributed by atoms with Gasteiger partial charge in [-0.3, -0.25) is 9.59 Å². The average Bonchev–Trinajstić information content (AvgIpc) is 2.74. The lowest BCUT2D eigenvalue weighted by Gasteiger charge is -2.18. The molecule has 2 amide bonds. The predicted octanol–water partition coefficient (Wildman–Crippen LogP) is 2.40. The number of nitrogens with zero attached hydrogens (tertiary/aromatic N) is 2. The van der Waals surface area contributed by atoms with Crippen molar-refractivity contribution in [2.24, 2.45) is 0 Å². The fourth-order valence-corrected chi connectivity index (χ4v) is 4.43. The van der Waals surface area contributed by atoms with Crippen molar-refractivity contribution in [2.45, 2.75) is 25.2 Å². The molecule has 2 rings (SSSR count). The molecule has 0 bridgehead atoms. The van der Waals surface area contributed by atoms with Crippen molar-refractivity contribution in [3.8, 4) is 0 Å². The lowest BCUT2D eigenvalue weighted by atomic mass is 10.1. The number of nitrogens with one attached hydrogen (secondary N) is 2. The summed E-state index contributed by atoms with van der Waals surface area (Å²) >= 11 is 0. The van der Waals surface area contributed by atoms with Crippen molar-refractivity contribution in [3.63, 3.8) is 0 Å². The van der Waals surface area contributed by atoms with Crippen LogP contribution in [0.15, 0.2) is 53.4 Å². The van der Waals surface area contributed by atoms with Crippen molar-refractivity contribution in [1.29, 1.82) is 0 Å². The van der Waals surface area contributed by atoms with Crippen LogP contribution < -0.4 is 10.6 Å². The van der Waals surface area contributed by atoms with Crippen LogP contribution in [0.3, 0.4) is 0 Å². The predicted molar refractivity (Wildman–Crippen MR) is 123 cm³/mol. The van der Waals surface area contributed by atoms with E-state index in [1.165, 1.54) is 21.3 Å². The van der Waals surface area contributed by atoms with Crippen molar-refractivity contribution in [2.75, 3.05) is 44.4 Å². The Kier molecular flexibility index (Phi) is 8.58. The molecular weight excluding hydrogens is 416 g/mol. The Balaban J connectivity index is 1.99. The second-order valence-corrected chi connectivity index (χ2v) is 9.08. The highest BCUT2D eigenvalue weighted by molar-refractivity contribution is 7.89. The molecule has 8 nitrogen and oxygen atoms in total. The smallest absolute Gasteiger partial charge is 0.243 e. The van der Waals surface area contributed by atoms with Crippen molar-refractivity contribution >= 4 is 33.2 Å². The molecule has 0 radical (unpaired) electrons. The molecule has 31 heavy (non-hydrogen) atoms. The minimum absolute atomic E-state index is 0.00661. The SMILES string of the molecule is CCN(CC)S(=O)(=O)c1ccc(NC(=O)CNc2ccccc2CC(=O)N(C)C)cc1. The molecule has 0 heterocycles. The van der Waals surface area contributed by atoms with Crippen LogP contribution in [0.5, 0.6) is 0 Å². The molecule has 0 atom stereocenters. The summed E-state index contributed by atoms with van der Waals surface area (Å²) in [7, 11) is -0.139. The summed E-state index contributed by atoms with van der Waals surface area (Å²) in [6, 6.07) is 13.4. The van der Waals surface area contributed by atoms with Gasteiger partial charge in [-0.15, -0.1) is 0 Å². The number of carbonyl (C=O) groups is 2. The van der Waals surface area contributed by atoms with Crippen LogP contribution in [0, 0.1) is 0 Å². The summed E-state index contributed by atoms with van der Waals surface area (Å²) in [4.78, 5) is 26.0. The van der Waals surface area contributed by atoms with Gasteiger partial charge in [0.25, 0.3) is 0 Å². The Bertz CT molecular complexity index is 1000. The molecule has 9 heteroatoms.